The summed E-state index contributed by atoms with van der Waals surface area (Å²) < 4.78 is 28.1. The van der Waals surface area contributed by atoms with Crippen molar-refractivity contribution in [1.29, 1.82) is 0 Å². The zero-order valence-corrected chi connectivity index (χ0v) is 23.8. The summed E-state index contributed by atoms with van der Waals surface area (Å²) in [5, 5.41) is 11.9. The van der Waals surface area contributed by atoms with Gasteiger partial charge in [-0.05, 0) is 57.0 Å². The fraction of sp³-hybridized carbons (Fsp3) is 0.500. The van der Waals surface area contributed by atoms with E-state index in [9.17, 15) is 9.59 Å². The molecule has 2 atom stereocenters. The molecule has 2 N–H and O–H groups in total. The van der Waals surface area contributed by atoms with Gasteiger partial charge in [0.25, 0.3) is 5.91 Å². The van der Waals surface area contributed by atoms with Crippen LogP contribution in [0.1, 0.15) is 57.3 Å². The van der Waals surface area contributed by atoms with Gasteiger partial charge in [-0.2, -0.15) is 0 Å². The number of aliphatic hydroxyl groups excluding tert-OH is 1. The Labute approximate surface area is 235 Å². The number of methoxy groups -OCH3 is 2. The van der Waals surface area contributed by atoms with Gasteiger partial charge in [0.1, 0.15) is 11.4 Å². The van der Waals surface area contributed by atoms with Gasteiger partial charge in [-0.15, -0.1) is 0 Å². The molecule has 40 heavy (non-hydrogen) atoms. The van der Waals surface area contributed by atoms with E-state index in [1.165, 1.54) is 14.2 Å². The summed E-state index contributed by atoms with van der Waals surface area (Å²) in [5.41, 5.74) is -0.763. The number of carbonyl (C=O) groups excluding carboxylic acids is 2. The number of nitrogens with one attached hydrogen (secondary N) is 1. The Bertz CT molecular complexity index is 1130. The Hall–Kier alpha value is -3.47. The smallest absolute Gasteiger partial charge is 0.306 e. The molecule has 0 radical (unpaired) electrons. The zero-order chi connectivity index (χ0) is 29.2. The number of rotatable bonds is 14. The van der Waals surface area contributed by atoms with E-state index in [2.05, 4.69) is 5.32 Å². The SMILES string of the molecule is COC(CNC(=O)[C@]1(CCC(=O)OC(C)(C)C)N=C(c2ccc(OCCCO)cc2)O[C@@H]1c1ccccc1)OC. The lowest BCUT2D eigenvalue weighted by Gasteiger charge is -2.31. The maximum Gasteiger partial charge on any atom is 0.306 e. The predicted octanol–water partition coefficient (Wildman–Crippen LogP) is 3.56. The number of nitrogens with zero attached hydrogens (tertiary/aromatic N) is 1. The minimum Gasteiger partial charge on any atom is -0.494 e. The number of hydrogen-bond acceptors (Lipinski definition) is 9. The number of carbonyl (C=O) groups is 2. The van der Waals surface area contributed by atoms with Gasteiger partial charge in [-0.1, -0.05) is 30.3 Å². The van der Waals surface area contributed by atoms with E-state index in [4.69, 9.17) is 33.8 Å². The van der Waals surface area contributed by atoms with Crippen molar-refractivity contribution in [2.24, 2.45) is 4.99 Å². The number of aliphatic hydroxyl groups is 1. The van der Waals surface area contributed by atoms with E-state index in [-0.39, 0.29) is 31.9 Å². The van der Waals surface area contributed by atoms with Crippen molar-refractivity contribution < 1.29 is 38.4 Å². The van der Waals surface area contributed by atoms with Gasteiger partial charge in [-0.3, -0.25) is 9.59 Å². The summed E-state index contributed by atoms with van der Waals surface area (Å²) in [6.07, 6.45) is -0.951. The molecule has 1 aliphatic rings. The van der Waals surface area contributed by atoms with Crippen molar-refractivity contribution in [3.05, 3.63) is 65.7 Å². The second-order valence-electron chi connectivity index (χ2n) is 10.4. The minimum absolute atomic E-state index is 0.0454. The highest BCUT2D eigenvalue weighted by molar-refractivity contribution is 6.01. The van der Waals surface area contributed by atoms with Crippen LogP contribution in [0.2, 0.25) is 0 Å². The molecule has 0 aromatic heterocycles. The van der Waals surface area contributed by atoms with E-state index in [0.29, 0.717) is 24.3 Å². The van der Waals surface area contributed by atoms with E-state index >= 15 is 0 Å². The molecular formula is C30H40N2O8. The highest BCUT2D eigenvalue weighted by atomic mass is 16.7. The molecule has 0 unspecified atom stereocenters. The monoisotopic (exact) mass is 556 g/mol. The lowest BCUT2D eigenvalue weighted by molar-refractivity contribution is -0.155. The Morgan fingerprint density at radius 1 is 1.07 bits per heavy atom. The number of esters is 1. The number of ether oxygens (including phenoxy) is 5. The first-order valence-electron chi connectivity index (χ1n) is 13.3. The molecule has 1 aliphatic heterocycles. The van der Waals surface area contributed by atoms with Crippen LogP contribution in [0, 0.1) is 0 Å². The molecule has 3 rings (SSSR count). The lowest BCUT2D eigenvalue weighted by Crippen LogP contribution is -2.50. The van der Waals surface area contributed by atoms with Crippen LogP contribution in [0.5, 0.6) is 5.75 Å². The number of benzene rings is 2. The van der Waals surface area contributed by atoms with Crippen molar-refractivity contribution in [2.45, 2.75) is 63.6 Å². The van der Waals surface area contributed by atoms with Gasteiger partial charge in [0.2, 0.25) is 5.90 Å². The van der Waals surface area contributed by atoms with Crippen LogP contribution in [0.4, 0.5) is 0 Å². The molecule has 0 saturated heterocycles. The molecule has 1 heterocycles. The largest absolute Gasteiger partial charge is 0.494 e. The highest BCUT2D eigenvalue weighted by Crippen LogP contribution is 2.43. The van der Waals surface area contributed by atoms with Crippen LogP contribution in [0.3, 0.4) is 0 Å². The van der Waals surface area contributed by atoms with E-state index in [1.807, 2.05) is 30.3 Å². The van der Waals surface area contributed by atoms with Crippen LogP contribution >= 0.6 is 0 Å². The third-order valence-corrected chi connectivity index (χ3v) is 6.22. The van der Waals surface area contributed by atoms with Crippen molar-refractivity contribution in [3.8, 4) is 5.75 Å². The molecule has 1 amide bonds. The number of aliphatic imine (C=N–C) groups is 1. The predicted molar refractivity (Wildman–Crippen MR) is 149 cm³/mol. The molecule has 2 aromatic carbocycles. The third kappa shape index (κ3) is 8.27. The Kier molecular flexibility index (Phi) is 11.1. The van der Waals surface area contributed by atoms with Gasteiger partial charge >= 0.3 is 5.97 Å². The highest BCUT2D eigenvalue weighted by Gasteiger charge is 2.53. The summed E-state index contributed by atoms with van der Waals surface area (Å²) >= 11 is 0. The second-order valence-corrected chi connectivity index (χ2v) is 10.4. The van der Waals surface area contributed by atoms with E-state index in [1.54, 1.807) is 45.0 Å². The van der Waals surface area contributed by atoms with Crippen molar-refractivity contribution in [2.75, 3.05) is 34.0 Å². The number of hydrogen-bond donors (Lipinski definition) is 2. The van der Waals surface area contributed by atoms with Gasteiger partial charge in [0, 0.05) is 39.2 Å². The molecular weight excluding hydrogens is 516 g/mol. The van der Waals surface area contributed by atoms with E-state index < -0.39 is 35.4 Å². The lowest BCUT2D eigenvalue weighted by atomic mass is 9.83. The van der Waals surface area contributed by atoms with E-state index in [0.717, 1.165) is 5.56 Å². The molecule has 0 saturated carbocycles. The summed E-state index contributed by atoms with van der Waals surface area (Å²) in [6, 6.07) is 16.5. The first kappa shape index (κ1) is 31.1. The molecule has 0 spiro atoms. The Morgan fingerprint density at radius 3 is 2.35 bits per heavy atom. The van der Waals surface area contributed by atoms with Crippen molar-refractivity contribution in [1.82, 2.24) is 5.32 Å². The maximum atomic E-state index is 14.0. The molecule has 218 valence electrons. The maximum absolute atomic E-state index is 14.0. The van der Waals surface area contributed by atoms with Crippen LogP contribution in [-0.2, 0) is 28.5 Å². The fourth-order valence-corrected chi connectivity index (χ4v) is 4.28. The fourth-order valence-electron chi connectivity index (χ4n) is 4.28. The average molecular weight is 557 g/mol. The topological polar surface area (TPSA) is 125 Å². The molecule has 10 heteroatoms. The van der Waals surface area contributed by atoms with Crippen LogP contribution in [-0.4, -0.2) is 74.3 Å². The molecule has 0 bridgehead atoms. The van der Waals surface area contributed by atoms with Crippen molar-refractivity contribution in [3.63, 3.8) is 0 Å². The minimum atomic E-state index is -1.48. The van der Waals surface area contributed by atoms with Gasteiger partial charge in [-0.25, -0.2) is 4.99 Å². The standard InChI is InChI=1S/C30H40N2O8/c1-29(2,3)40-24(34)16-17-30(28(35)31-20-25(36-4)37-5)26(21-10-7-6-8-11-21)39-27(32-30)22-12-14-23(15-13-22)38-19-9-18-33/h6-8,10-15,25-26,33H,9,16-20H2,1-5H3,(H,31,35)/t26-,30-/m1/s1. The Morgan fingerprint density at radius 2 is 1.75 bits per heavy atom. The molecule has 0 aliphatic carbocycles. The second kappa shape index (κ2) is 14.2. The third-order valence-electron chi connectivity index (χ3n) is 6.22. The summed E-state index contributed by atoms with van der Waals surface area (Å²) in [4.78, 5) is 31.6. The molecule has 0 fully saturated rings. The van der Waals surface area contributed by atoms with Crippen LogP contribution < -0.4 is 10.1 Å². The first-order chi connectivity index (χ1) is 19.1. The van der Waals surface area contributed by atoms with Crippen LogP contribution in [0.25, 0.3) is 0 Å². The summed E-state index contributed by atoms with van der Waals surface area (Å²) in [6.45, 7) is 5.89. The van der Waals surface area contributed by atoms with Gasteiger partial charge in [0.05, 0.1) is 13.2 Å². The zero-order valence-electron chi connectivity index (χ0n) is 23.8. The number of amides is 1. The Balaban J connectivity index is 1.99. The van der Waals surface area contributed by atoms with Gasteiger partial charge < -0.3 is 34.1 Å². The quantitative estimate of drug-likeness (QED) is 0.206. The van der Waals surface area contributed by atoms with Gasteiger partial charge in [0.15, 0.2) is 17.9 Å². The molecule has 10 nitrogen and oxygen atoms in total. The first-order valence-corrected chi connectivity index (χ1v) is 13.3. The molecule has 2 aromatic rings. The average Bonchev–Trinajstić information content (AvgIpc) is 3.33. The summed E-state index contributed by atoms with van der Waals surface area (Å²) in [5.74, 6) is 0.0359. The normalized spacial score (nSPS) is 18.7. The van der Waals surface area contributed by atoms with Crippen LogP contribution in [0.15, 0.2) is 59.6 Å². The summed E-state index contributed by atoms with van der Waals surface area (Å²) in [7, 11) is 2.97. The van der Waals surface area contributed by atoms with Crippen molar-refractivity contribution >= 4 is 17.8 Å².